The number of rotatable bonds is 5. The Kier molecular flexibility index (Phi) is 4.12. The second-order valence-corrected chi connectivity index (χ2v) is 4.44. The summed E-state index contributed by atoms with van der Waals surface area (Å²) in [5.41, 5.74) is 6.53. The molecule has 0 spiro atoms. The van der Waals surface area contributed by atoms with Crippen LogP contribution in [0.3, 0.4) is 0 Å². The summed E-state index contributed by atoms with van der Waals surface area (Å²) >= 11 is 0. The molecule has 1 amide bonds. The van der Waals surface area contributed by atoms with Crippen LogP contribution in [0.2, 0.25) is 0 Å². The predicted octanol–water partition coefficient (Wildman–Crippen LogP) is 1.69. The summed E-state index contributed by atoms with van der Waals surface area (Å²) in [7, 11) is 1.56. The van der Waals surface area contributed by atoms with Gasteiger partial charge in [-0.3, -0.25) is 4.79 Å². The van der Waals surface area contributed by atoms with E-state index in [0.717, 1.165) is 11.3 Å². The van der Waals surface area contributed by atoms with Crippen molar-refractivity contribution in [2.24, 2.45) is 5.73 Å². The van der Waals surface area contributed by atoms with Gasteiger partial charge in [0.25, 0.3) is 0 Å². The molecule has 3 N–H and O–H groups in total. The van der Waals surface area contributed by atoms with Crippen LogP contribution in [-0.4, -0.2) is 24.7 Å². The summed E-state index contributed by atoms with van der Waals surface area (Å²) in [5.74, 6) is -0.438. The maximum atomic E-state index is 11.6. The second kappa shape index (κ2) is 5.19. The molecular weight excluding hydrogens is 216 g/mol. The Morgan fingerprint density at radius 3 is 2.35 bits per heavy atom. The minimum atomic E-state index is -0.927. The van der Waals surface area contributed by atoms with Crippen LogP contribution in [-0.2, 0) is 9.53 Å². The summed E-state index contributed by atoms with van der Waals surface area (Å²) in [6, 6.07) is 7.78. The fourth-order valence-corrected chi connectivity index (χ4v) is 1.54. The molecule has 0 bridgehead atoms. The molecule has 0 aliphatic rings. The van der Waals surface area contributed by atoms with E-state index in [2.05, 4.69) is 5.32 Å². The number of nitrogens with two attached hydrogens (primary N) is 1. The minimum Gasteiger partial charge on any atom is -0.379 e. The van der Waals surface area contributed by atoms with E-state index in [0.29, 0.717) is 0 Å². The molecule has 1 rings (SSSR count). The number of methoxy groups -OCH3 is 1. The van der Waals surface area contributed by atoms with Crippen LogP contribution in [0.5, 0.6) is 0 Å². The number of primary amides is 1. The van der Waals surface area contributed by atoms with Gasteiger partial charge < -0.3 is 15.8 Å². The van der Waals surface area contributed by atoms with E-state index in [-0.39, 0.29) is 6.10 Å². The van der Waals surface area contributed by atoms with Crippen molar-refractivity contribution < 1.29 is 9.53 Å². The highest BCUT2D eigenvalue weighted by Gasteiger charge is 2.37. The summed E-state index contributed by atoms with van der Waals surface area (Å²) in [5, 5.41) is 3.13. The lowest BCUT2D eigenvalue weighted by atomic mass is 9.94. The maximum absolute atomic E-state index is 11.6. The Morgan fingerprint density at radius 2 is 1.94 bits per heavy atom. The third kappa shape index (κ3) is 2.97. The van der Waals surface area contributed by atoms with Crippen molar-refractivity contribution in [3.8, 4) is 0 Å². The predicted molar refractivity (Wildman–Crippen MR) is 68.9 cm³/mol. The lowest BCUT2D eigenvalue weighted by Crippen LogP contribution is -2.56. The molecule has 0 saturated carbocycles. The van der Waals surface area contributed by atoms with Gasteiger partial charge in [0.2, 0.25) is 5.91 Å². The van der Waals surface area contributed by atoms with Gasteiger partial charge in [-0.25, -0.2) is 0 Å². The van der Waals surface area contributed by atoms with Crippen LogP contribution < -0.4 is 11.1 Å². The lowest BCUT2D eigenvalue weighted by Gasteiger charge is -2.33. The zero-order valence-corrected chi connectivity index (χ0v) is 10.8. The molecule has 1 aromatic rings. The third-order valence-corrected chi connectivity index (χ3v) is 3.13. The Bertz CT molecular complexity index is 389. The van der Waals surface area contributed by atoms with Crippen LogP contribution in [0.15, 0.2) is 24.3 Å². The van der Waals surface area contributed by atoms with Crippen LogP contribution in [0.25, 0.3) is 0 Å². The van der Waals surface area contributed by atoms with Gasteiger partial charge in [-0.05, 0) is 32.9 Å². The van der Waals surface area contributed by atoms with Crippen LogP contribution >= 0.6 is 0 Å². The van der Waals surface area contributed by atoms with E-state index in [9.17, 15) is 4.79 Å². The highest BCUT2D eigenvalue weighted by molar-refractivity contribution is 5.88. The maximum Gasteiger partial charge on any atom is 0.245 e. The number of amides is 1. The van der Waals surface area contributed by atoms with E-state index in [1.165, 1.54) is 0 Å². The summed E-state index contributed by atoms with van der Waals surface area (Å²) in [6.45, 7) is 5.56. The molecule has 0 heterocycles. The SMILES string of the molecule is COC(C)C(C)(Nc1ccc(C)cc1)C(N)=O. The van der Waals surface area contributed by atoms with E-state index >= 15 is 0 Å². The van der Waals surface area contributed by atoms with Gasteiger partial charge in [-0.2, -0.15) is 0 Å². The molecule has 0 fully saturated rings. The molecule has 4 nitrogen and oxygen atoms in total. The van der Waals surface area contributed by atoms with Gasteiger partial charge in [-0.1, -0.05) is 17.7 Å². The van der Waals surface area contributed by atoms with Gasteiger partial charge in [0.05, 0.1) is 6.10 Å². The zero-order chi connectivity index (χ0) is 13.1. The molecule has 2 unspecified atom stereocenters. The molecule has 2 atom stereocenters. The van der Waals surface area contributed by atoms with Crippen molar-refractivity contribution in [2.75, 3.05) is 12.4 Å². The zero-order valence-electron chi connectivity index (χ0n) is 10.8. The number of benzene rings is 1. The molecule has 94 valence electrons. The normalized spacial score (nSPS) is 16.0. The average molecular weight is 236 g/mol. The molecule has 0 aliphatic carbocycles. The van der Waals surface area contributed by atoms with E-state index < -0.39 is 11.4 Å². The number of hydrogen-bond donors (Lipinski definition) is 2. The van der Waals surface area contributed by atoms with Crippen LogP contribution in [0.4, 0.5) is 5.69 Å². The van der Waals surface area contributed by atoms with Gasteiger partial charge in [0.1, 0.15) is 5.54 Å². The number of aryl methyl sites for hydroxylation is 1. The molecule has 4 heteroatoms. The largest absolute Gasteiger partial charge is 0.379 e. The average Bonchev–Trinajstić information content (AvgIpc) is 2.30. The molecule has 1 aromatic carbocycles. The second-order valence-electron chi connectivity index (χ2n) is 4.44. The smallest absolute Gasteiger partial charge is 0.245 e. The van der Waals surface area contributed by atoms with Crippen LogP contribution in [0.1, 0.15) is 19.4 Å². The lowest BCUT2D eigenvalue weighted by molar-refractivity contribution is -0.125. The monoisotopic (exact) mass is 236 g/mol. The molecule has 0 aromatic heterocycles. The van der Waals surface area contributed by atoms with Crippen molar-refractivity contribution in [3.63, 3.8) is 0 Å². The number of hydrogen-bond acceptors (Lipinski definition) is 3. The molecule has 0 saturated heterocycles. The highest BCUT2D eigenvalue weighted by Crippen LogP contribution is 2.20. The van der Waals surface area contributed by atoms with Crippen molar-refractivity contribution in [3.05, 3.63) is 29.8 Å². The number of anilines is 1. The number of nitrogens with one attached hydrogen (secondary N) is 1. The first-order valence-electron chi connectivity index (χ1n) is 5.57. The Morgan fingerprint density at radius 1 is 1.41 bits per heavy atom. The van der Waals surface area contributed by atoms with E-state index in [4.69, 9.17) is 10.5 Å². The molecule has 0 radical (unpaired) electrons. The van der Waals surface area contributed by atoms with E-state index in [1.54, 1.807) is 14.0 Å². The highest BCUT2D eigenvalue weighted by atomic mass is 16.5. The Balaban J connectivity index is 2.94. The quantitative estimate of drug-likeness (QED) is 0.817. The summed E-state index contributed by atoms with van der Waals surface area (Å²) in [6.07, 6.45) is -0.318. The van der Waals surface area contributed by atoms with Crippen molar-refractivity contribution in [2.45, 2.75) is 32.4 Å². The van der Waals surface area contributed by atoms with Gasteiger partial charge in [-0.15, -0.1) is 0 Å². The first-order chi connectivity index (χ1) is 7.90. The van der Waals surface area contributed by atoms with Crippen molar-refractivity contribution in [1.82, 2.24) is 0 Å². The van der Waals surface area contributed by atoms with E-state index in [1.807, 2.05) is 38.1 Å². The summed E-state index contributed by atoms with van der Waals surface area (Å²) < 4.78 is 5.21. The first kappa shape index (κ1) is 13.5. The summed E-state index contributed by atoms with van der Waals surface area (Å²) in [4.78, 5) is 11.6. The molecular formula is C13H20N2O2. The standard InChI is InChI=1S/C13H20N2O2/c1-9-5-7-11(8-6-9)15-13(3,12(14)16)10(2)17-4/h5-8,10,15H,1-4H3,(H2,14,16). The fourth-order valence-electron chi connectivity index (χ4n) is 1.54. The van der Waals surface area contributed by atoms with Gasteiger partial charge in [0.15, 0.2) is 0 Å². The number of carbonyl (C=O) groups excluding carboxylic acids is 1. The van der Waals surface area contributed by atoms with Crippen molar-refractivity contribution >= 4 is 11.6 Å². The molecule has 0 aliphatic heterocycles. The Labute approximate surface area is 102 Å². The van der Waals surface area contributed by atoms with Gasteiger partial charge in [0, 0.05) is 12.8 Å². The topological polar surface area (TPSA) is 64.3 Å². The van der Waals surface area contributed by atoms with Crippen molar-refractivity contribution in [1.29, 1.82) is 0 Å². The number of ether oxygens (including phenoxy) is 1. The third-order valence-electron chi connectivity index (χ3n) is 3.13. The van der Waals surface area contributed by atoms with Crippen LogP contribution in [0, 0.1) is 6.92 Å². The fraction of sp³-hybridized carbons (Fsp3) is 0.462. The first-order valence-corrected chi connectivity index (χ1v) is 5.57. The Hall–Kier alpha value is -1.55. The molecule has 17 heavy (non-hydrogen) atoms. The number of carbonyl (C=O) groups is 1. The minimum absolute atomic E-state index is 0.318. The van der Waals surface area contributed by atoms with Gasteiger partial charge >= 0.3 is 0 Å².